The van der Waals surface area contributed by atoms with Crippen molar-refractivity contribution in [2.24, 2.45) is 23.2 Å². The molecule has 2 aromatic heterocycles. The van der Waals surface area contributed by atoms with Gasteiger partial charge in [-0.1, -0.05) is 11.3 Å². The molecule has 3 heterocycles. The Bertz CT molecular complexity index is 785. The molecule has 7 heteroatoms. The van der Waals surface area contributed by atoms with E-state index >= 15 is 0 Å². The molecule has 0 unspecified atom stereocenters. The van der Waals surface area contributed by atoms with Crippen LogP contribution in [0.5, 0.6) is 0 Å². The topological polar surface area (TPSA) is 63.4 Å². The molecular weight excluding hydrogens is 346 g/mol. The fraction of sp³-hybridized carbons (Fsp3) is 0.789. The summed E-state index contributed by atoms with van der Waals surface area (Å²) in [6, 6.07) is 0. The van der Waals surface area contributed by atoms with Gasteiger partial charge in [-0.15, -0.1) is 10.2 Å². The Morgan fingerprint density at radius 3 is 2.35 bits per heavy atom. The fourth-order valence-corrected chi connectivity index (χ4v) is 7.77. The molecule has 6 nitrogen and oxygen atoms in total. The molecule has 0 spiro atoms. The van der Waals surface area contributed by atoms with Gasteiger partial charge in [-0.2, -0.15) is 9.61 Å². The quantitative estimate of drug-likeness (QED) is 0.814. The molecule has 1 amide bonds. The largest absolute Gasteiger partial charge is 0.342 e. The van der Waals surface area contributed by atoms with E-state index in [0.717, 1.165) is 53.7 Å². The van der Waals surface area contributed by atoms with Gasteiger partial charge in [-0.25, -0.2) is 0 Å². The van der Waals surface area contributed by atoms with Crippen LogP contribution in [-0.4, -0.2) is 43.7 Å². The van der Waals surface area contributed by atoms with Crippen molar-refractivity contribution in [3.8, 4) is 0 Å². The SMILES string of the molecule is O=C(N1CCC(c2nn3cnnc3s2)CC1)C12CC3CC(CC(C3)C1)C2. The maximum atomic E-state index is 13.5. The maximum absolute atomic E-state index is 13.5. The third-order valence-electron chi connectivity index (χ3n) is 7.53. The van der Waals surface area contributed by atoms with Gasteiger partial charge in [0.05, 0.1) is 5.41 Å². The number of nitrogens with zero attached hydrogens (tertiary/aromatic N) is 5. The Balaban J connectivity index is 1.16. The van der Waals surface area contributed by atoms with Gasteiger partial charge in [0.1, 0.15) is 11.3 Å². The lowest BCUT2D eigenvalue weighted by Gasteiger charge is -2.57. The Morgan fingerprint density at radius 2 is 1.73 bits per heavy atom. The molecule has 4 saturated carbocycles. The molecule has 5 fully saturated rings. The summed E-state index contributed by atoms with van der Waals surface area (Å²) in [4.78, 5) is 16.6. The van der Waals surface area contributed by atoms with Crippen LogP contribution in [0.3, 0.4) is 0 Å². The first kappa shape index (κ1) is 15.5. The van der Waals surface area contributed by atoms with Gasteiger partial charge in [-0.3, -0.25) is 4.79 Å². The minimum Gasteiger partial charge on any atom is -0.342 e. The lowest BCUT2D eigenvalue weighted by Crippen LogP contribution is -2.55. The van der Waals surface area contributed by atoms with E-state index in [0.29, 0.717) is 11.8 Å². The van der Waals surface area contributed by atoms with Crippen molar-refractivity contribution in [1.82, 2.24) is 24.7 Å². The highest BCUT2D eigenvalue weighted by Crippen LogP contribution is 2.60. The van der Waals surface area contributed by atoms with Crippen LogP contribution < -0.4 is 0 Å². The second-order valence-corrected chi connectivity index (χ2v) is 10.3. The van der Waals surface area contributed by atoms with Crippen molar-refractivity contribution >= 4 is 22.2 Å². The number of carbonyl (C=O) groups is 1. The molecular formula is C19H25N5OS. The van der Waals surface area contributed by atoms with Gasteiger partial charge >= 0.3 is 0 Å². The highest BCUT2D eigenvalue weighted by Gasteiger charge is 2.55. The number of amides is 1. The highest BCUT2D eigenvalue weighted by atomic mass is 32.1. The molecule has 1 aliphatic heterocycles. The van der Waals surface area contributed by atoms with E-state index in [9.17, 15) is 4.79 Å². The summed E-state index contributed by atoms with van der Waals surface area (Å²) in [7, 11) is 0. The summed E-state index contributed by atoms with van der Waals surface area (Å²) in [5, 5.41) is 13.7. The molecule has 1 saturated heterocycles. The second kappa shape index (κ2) is 5.50. The Hall–Kier alpha value is -1.50. The zero-order valence-corrected chi connectivity index (χ0v) is 15.8. The minimum atomic E-state index is 0.00907. The van der Waals surface area contributed by atoms with E-state index in [2.05, 4.69) is 20.2 Å². The summed E-state index contributed by atoms with van der Waals surface area (Å²) >= 11 is 1.64. The third kappa shape index (κ3) is 2.28. The first-order valence-electron chi connectivity index (χ1n) is 10.1. The van der Waals surface area contributed by atoms with Crippen LogP contribution in [0.25, 0.3) is 4.96 Å². The molecule has 4 aliphatic carbocycles. The first-order chi connectivity index (χ1) is 12.7. The monoisotopic (exact) mass is 371 g/mol. The Kier molecular flexibility index (Phi) is 3.29. The van der Waals surface area contributed by atoms with E-state index in [1.165, 1.54) is 38.5 Å². The average Bonchev–Trinajstić information content (AvgIpc) is 3.22. The second-order valence-electron chi connectivity index (χ2n) is 9.26. The van der Waals surface area contributed by atoms with Gasteiger partial charge in [0.15, 0.2) is 0 Å². The molecule has 26 heavy (non-hydrogen) atoms. The zero-order valence-electron chi connectivity index (χ0n) is 15.0. The minimum absolute atomic E-state index is 0.00907. The number of aromatic nitrogens is 4. The van der Waals surface area contributed by atoms with Crippen molar-refractivity contribution < 1.29 is 4.79 Å². The van der Waals surface area contributed by atoms with Crippen LogP contribution in [-0.2, 0) is 4.79 Å². The van der Waals surface area contributed by atoms with Crippen molar-refractivity contribution in [3.63, 3.8) is 0 Å². The summed E-state index contributed by atoms with van der Waals surface area (Å²) < 4.78 is 1.77. The van der Waals surface area contributed by atoms with Crippen LogP contribution in [0.2, 0.25) is 0 Å². The standard InChI is InChI=1S/C19H25N5OS/c25-17(19-8-12-5-13(9-19)7-14(6-12)10-19)23-3-1-15(2-4-23)16-22-24-11-20-21-18(24)26-16/h11-15H,1-10H2. The highest BCUT2D eigenvalue weighted by molar-refractivity contribution is 7.16. The van der Waals surface area contributed by atoms with Gasteiger partial charge in [-0.05, 0) is 69.1 Å². The van der Waals surface area contributed by atoms with Gasteiger partial charge in [0, 0.05) is 19.0 Å². The fourth-order valence-electron chi connectivity index (χ4n) is 6.78. The van der Waals surface area contributed by atoms with Crippen LogP contribution in [0.15, 0.2) is 6.33 Å². The molecule has 0 radical (unpaired) electrons. The molecule has 138 valence electrons. The average molecular weight is 372 g/mol. The smallest absolute Gasteiger partial charge is 0.234 e. The zero-order chi connectivity index (χ0) is 17.3. The molecule has 0 aromatic carbocycles. The predicted octanol–water partition coefficient (Wildman–Crippen LogP) is 3.11. The number of hydrogen-bond donors (Lipinski definition) is 0. The lowest BCUT2D eigenvalue weighted by atomic mass is 9.49. The number of carbonyl (C=O) groups excluding carboxylic acids is 1. The van der Waals surface area contributed by atoms with Gasteiger partial charge in [0.2, 0.25) is 10.9 Å². The van der Waals surface area contributed by atoms with Crippen LogP contribution in [0.1, 0.15) is 62.3 Å². The van der Waals surface area contributed by atoms with Crippen LogP contribution >= 0.6 is 11.3 Å². The van der Waals surface area contributed by atoms with Crippen molar-refractivity contribution in [2.75, 3.05) is 13.1 Å². The van der Waals surface area contributed by atoms with E-state index in [-0.39, 0.29) is 5.41 Å². The number of piperidine rings is 1. The molecule has 0 N–H and O–H groups in total. The van der Waals surface area contributed by atoms with Crippen molar-refractivity contribution in [1.29, 1.82) is 0 Å². The van der Waals surface area contributed by atoms with Gasteiger partial charge in [0.25, 0.3) is 0 Å². The number of fused-ring (bicyclic) bond motifs is 1. The summed E-state index contributed by atoms with van der Waals surface area (Å²) in [6.07, 6.45) is 11.4. The number of likely N-dealkylation sites (tertiary alicyclic amines) is 1. The van der Waals surface area contributed by atoms with Crippen LogP contribution in [0.4, 0.5) is 0 Å². The molecule has 0 atom stereocenters. The summed E-state index contributed by atoms with van der Waals surface area (Å²) in [5.74, 6) is 3.46. The molecule has 5 aliphatic rings. The summed E-state index contributed by atoms with van der Waals surface area (Å²) in [6.45, 7) is 1.79. The number of hydrogen-bond acceptors (Lipinski definition) is 5. The number of rotatable bonds is 2. The van der Waals surface area contributed by atoms with E-state index in [1.54, 1.807) is 22.2 Å². The predicted molar refractivity (Wildman–Crippen MR) is 97.8 cm³/mol. The van der Waals surface area contributed by atoms with E-state index in [1.807, 2.05) is 0 Å². The summed E-state index contributed by atoms with van der Waals surface area (Å²) in [5.41, 5.74) is 0.00907. The van der Waals surface area contributed by atoms with Crippen molar-refractivity contribution in [3.05, 3.63) is 11.3 Å². The first-order valence-corrected chi connectivity index (χ1v) is 11.0. The Labute approximate surface area is 157 Å². The molecule has 2 aromatic rings. The van der Waals surface area contributed by atoms with Crippen LogP contribution in [0, 0.1) is 23.2 Å². The van der Waals surface area contributed by atoms with Gasteiger partial charge < -0.3 is 4.90 Å². The normalized spacial score (nSPS) is 36.9. The van der Waals surface area contributed by atoms with E-state index < -0.39 is 0 Å². The Morgan fingerprint density at radius 1 is 1.08 bits per heavy atom. The van der Waals surface area contributed by atoms with Crippen molar-refractivity contribution in [2.45, 2.75) is 57.3 Å². The molecule has 4 bridgehead atoms. The third-order valence-corrected chi connectivity index (χ3v) is 8.60. The van der Waals surface area contributed by atoms with E-state index in [4.69, 9.17) is 0 Å². The maximum Gasteiger partial charge on any atom is 0.234 e. The molecule has 7 rings (SSSR count). The lowest BCUT2D eigenvalue weighted by molar-refractivity contribution is -0.158.